The number of carbonyl (C=O) groups is 3. The van der Waals surface area contributed by atoms with Crippen LogP contribution in [0.3, 0.4) is 0 Å². The van der Waals surface area contributed by atoms with Gasteiger partial charge in [-0.25, -0.2) is 19.9 Å². The predicted molar refractivity (Wildman–Crippen MR) is 476 cm³/mol. The number of likely N-dealkylation sites (N-methyl/N-ethyl adjacent to an activating group) is 3. The van der Waals surface area contributed by atoms with Crippen LogP contribution in [-0.4, -0.2) is 264 Å². The molecule has 0 spiro atoms. The molecule has 4 N–H and O–H groups in total. The monoisotopic (exact) mass is 1690 g/mol. The van der Waals surface area contributed by atoms with Crippen molar-refractivity contribution in [3.05, 3.63) is 174 Å². The first kappa shape index (κ1) is 82.8. The molecule has 28 nitrogen and oxygen atoms in total. The number of ether oxygens (including phenoxy) is 3. The smallest absolute Gasteiger partial charge is 0.320 e. The van der Waals surface area contributed by atoms with Gasteiger partial charge in [0, 0.05) is 113 Å². The summed E-state index contributed by atoms with van der Waals surface area (Å²) in [5.41, 5.74) is 11.1. The fraction of sp³-hybridized carbons (Fsp3) is 0.344. The molecule has 6 aliphatic rings. The fourth-order valence-electron chi connectivity index (χ4n) is 17.0. The van der Waals surface area contributed by atoms with E-state index in [2.05, 4.69) is 82.2 Å². The second-order valence-electron chi connectivity index (χ2n) is 31.4. The van der Waals surface area contributed by atoms with Crippen LogP contribution >= 0.6 is 34.8 Å². The summed E-state index contributed by atoms with van der Waals surface area (Å²) in [7, 11) is 6.32. The van der Waals surface area contributed by atoms with Crippen molar-refractivity contribution < 1.29 is 38.8 Å². The van der Waals surface area contributed by atoms with Crippen molar-refractivity contribution in [1.29, 1.82) is 0 Å². The number of nitrogens with two attached hydrogens (primary N) is 1. The molecule has 13 heterocycles. The number of fused-ring (bicyclic) bond motifs is 6. The van der Waals surface area contributed by atoms with Crippen LogP contribution in [0.15, 0.2) is 159 Å². The van der Waals surface area contributed by atoms with Gasteiger partial charge >= 0.3 is 18.0 Å². The molecule has 6 aliphatic heterocycles. The lowest BCUT2D eigenvalue weighted by atomic mass is 10.0. The average Bonchev–Trinajstić information content (AvgIpc) is 1.58. The zero-order valence-electron chi connectivity index (χ0n) is 68.0. The van der Waals surface area contributed by atoms with Crippen molar-refractivity contribution in [1.82, 2.24) is 79.2 Å². The summed E-state index contributed by atoms with van der Waals surface area (Å²) >= 11 is 20.6. The number of likely N-dealkylation sites (tertiary alicyclic amines) is 3. The van der Waals surface area contributed by atoms with E-state index in [1.54, 1.807) is 39.0 Å². The van der Waals surface area contributed by atoms with E-state index in [4.69, 9.17) is 99.6 Å². The molecule has 12 aromatic rings. The number of anilines is 4. The third-order valence-corrected chi connectivity index (χ3v) is 24.6. The van der Waals surface area contributed by atoms with Gasteiger partial charge in [-0.15, -0.1) is 0 Å². The molecule has 0 unspecified atom stereocenters. The predicted octanol–water partition coefficient (Wildman–Crippen LogP) is 13.2. The van der Waals surface area contributed by atoms with Crippen LogP contribution in [0.25, 0.3) is 99.3 Å². The molecular weight excluding hydrogens is 1600 g/mol. The molecule has 0 radical (unpaired) electrons. The molecule has 0 saturated carbocycles. The Morgan fingerprint density at radius 3 is 1.19 bits per heavy atom. The van der Waals surface area contributed by atoms with Gasteiger partial charge in [0.15, 0.2) is 16.9 Å². The van der Waals surface area contributed by atoms with Crippen LogP contribution in [0, 0.1) is 0 Å². The van der Waals surface area contributed by atoms with Gasteiger partial charge in [0.05, 0.1) is 42.6 Å². The Hall–Kier alpha value is -11.9. The number of carbonyl (C=O) groups excluding carboxylic acids is 3. The molecule has 7 aromatic heterocycles. The maximum absolute atomic E-state index is 12.3. The molecule has 121 heavy (non-hydrogen) atoms. The molecule has 0 bridgehead atoms. The first-order valence-corrected chi connectivity index (χ1v) is 42.0. The van der Waals surface area contributed by atoms with Gasteiger partial charge in [-0.05, 0) is 180 Å². The van der Waals surface area contributed by atoms with Crippen LogP contribution < -0.4 is 34.6 Å². The Kier molecular flexibility index (Phi) is 24.7. The topological polar surface area (TPSA) is 303 Å². The van der Waals surface area contributed by atoms with E-state index in [0.29, 0.717) is 215 Å². The van der Waals surface area contributed by atoms with Gasteiger partial charge in [0.1, 0.15) is 66.0 Å². The molecule has 3 amide bonds. The van der Waals surface area contributed by atoms with Crippen LogP contribution in [0.5, 0.6) is 29.5 Å². The SMILES string of the molecule is C=CC(=O)N1CCN(c2nc(OC[C@@H]3CCCN3C)nc3nc(-c4cc(O)cc5ccccc45)c(Cl)cc23)CC1.C=CC(=O)N1CCN(c2nc(OC[C@@H]3CCCN3C)nc3nc(-c4cc(O)cc5ccccc45)c(Cl)cc23)[C@@H](C)C1.C=CC(=O)N1CCN(c2nc(OC[C@@H]3CCCN3C)nc3nc(-c4nc(N)cc5ccccc45)c(Cl)cc23)CC1. The normalized spacial score (nSPS) is 18.6. The number of amides is 3. The van der Waals surface area contributed by atoms with Crippen molar-refractivity contribution in [3.8, 4) is 63.4 Å². The number of phenolic OH excluding ortho intramolecular Hbond substituents is 2. The number of hydrogen-bond donors (Lipinski definition) is 3. The largest absolute Gasteiger partial charge is 0.508 e. The van der Waals surface area contributed by atoms with Gasteiger partial charge in [0.2, 0.25) is 17.7 Å². The summed E-state index contributed by atoms with van der Waals surface area (Å²) in [5, 5.41) is 29.7. The lowest BCUT2D eigenvalue weighted by Gasteiger charge is -2.40. The van der Waals surface area contributed by atoms with E-state index in [-0.39, 0.29) is 53.3 Å². The molecule has 4 atom stereocenters. The summed E-state index contributed by atoms with van der Waals surface area (Å²) < 4.78 is 18.5. The molecule has 6 fully saturated rings. The van der Waals surface area contributed by atoms with Gasteiger partial charge in [0.25, 0.3) is 0 Å². The minimum absolute atomic E-state index is 0.0203. The Morgan fingerprint density at radius 1 is 0.421 bits per heavy atom. The van der Waals surface area contributed by atoms with Crippen molar-refractivity contribution in [3.63, 3.8) is 0 Å². The highest BCUT2D eigenvalue weighted by atomic mass is 35.5. The van der Waals surface area contributed by atoms with E-state index < -0.39 is 0 Å². The molecule has 18 rings (SSSR count). The summed E-state index contributed by atoms with van der Waals surface area (Å²) in [6.45, 7) is 23.7. The molecule has 624 valence electrons. The number of halogens is 3. The van der Waals surface area contributed by atoms with E-state index in [0.717, 1.165) is 90.5 Å². The maximum Gasteiger partial charge on any atom is 0.320 e. The van der Waals surface area contributed by atoms with E-state index in [9.17, 15) is 24.6 Å². The van der Waals surface area contributed by atoms with Crippen molar-refractivity contribution >= 4 is 141 Å². The molecule has 31 heteroatoms. The molecular formula is C90H95Cl3N20O8. The Bertz CT molecular complexity index is 5760. The number of pyridine rings is 4. The number of phenols is 2. The van der Waals surface area contributed by atoms with Crippen LogP contribution in [0.4, 0.5) is 23.3 Å². The van der Waals surface area contributed by atoms with Crippen LogP contribution in [0.2, 0.25) is 15.1 Å². The number of nitrogen functional groups attached to an aromatic ring is 1. The van der Waals surface area contributed by atoms with E-state index in [1.165, 1.54) is 18.2 Å². The van der Waals surface area contributed by atoms with Crippen molar-refractivity contribution in [2.24, 2.45) is 0 Å². The lowest BCUT2D eigenvalue weighted by Crippen LogP contribution is -2.53. The highest BCUT2D eigenvalue weighted by Gasteiger charge is 2.34. The maximum atomic E-state index is 12.3. The van der Waals surface area contributed by atoms with Gasteiger partial charge in [-0.3, -0.25) is 14.4 Å². The number of benzene rings is 5. The average molecular weight is 1690 g/mol. The standard InChI is InChI=1S/C31H33ClN6O3.C30H31ClN6O3.C29H31ClN8O2/c1-4-27(40)37-12-13-38(19(2)17-37)30-25-16-26(32)28(24-15-22(39)14-20-8-5-6-10-23(20)24)33-29(25)34-31(35-30)41-18-21-9-7-11-36(21)3;1-3-26(39)36-11-13-37(14-12-36)29-24-17-25(31)27(23-16-21(38)15-19-7-4-5-9-22(19)23)32-28(24)33-30(34-29)40-18-20-8-6-10-35(20)2;1-3-24(39)37-11-13-38(14-12-37)28-21-16-22(30)26(25-20-9-5-4-7-18(20)15-23(31)32-25)33-27(21)34-29(35-28)40-17-19-8-6-10-36(19)2/h4-6,8,10,14-16,19,21,39H,1,7,9,11-13,17-18H2,2-3H3;3-5,7,9,15-17,20,38H,1,6,8,10-14,18H2,2H3;3-5,7,9,15-16,19H,1,6,8,10-14,17H2,2H3,(H2,31,32)/t19-,21-;20-;19-/m000/s1. The van der Waals surface area contributed by atoms with Crippen LogP contribution in [-0.2, 0) is 14.4 Å². The zero-order chi connectivity index (χ0) is 84.3. The molecule has 5 aromatic carbocycles. The summed E-state index contributed by atoms with van der Waals surface area (Å²) in [6.07, 6.45) is 10.7. The van der Waals surface area contributed by atoms with Gasteiger partial charge in [-0.2, -0.15) is 29.9 Å². The fourth-order valence-corrected chi connectivity index (χ4v) is 17.8. The number of aromatic nitrogens is 10. The summed E-state index contributed by atoms with van der Waals surface area (Å²) in [6, 6.07) is 39.3. The minimum Gasteiger partial charge on any atom is -0.508 e. The van der Waals surface area contributed by atoms with E-state index >= 15 is 0 Å². The lowest BCUT2D eigenvalue weighted by molar-refractivity contribution is -0.127. The quantitative estimate of drug-likeness (QED) is 0.0672. The number of rotatable bonds is 18. The number of nitrogens with zero attached hydrogens (tertiary/aromatic N) is 19. The van der Waals surface area contributed by atoms with Crippen molar-refractivity contribution in [2.45, 2.75) is 69.6 Å². The minimum atomic E-state index is -0.0820. The Balaban J connectivity index is 0.000000135. The third kappa shape index (κ3) is 17.8. The number of hydrogen-bond acceptors (Lipinski definition) is 25. The first-order chi connectivity index (χ1) is 58.6. The van der Waals surface area contributed by atoms with Gasteiger partial charge < -0.3 is 74.3 Å². The second-order valence-corrected chi connectivity index (χ2v) is 32.7. The highest BCUT2D eigenvalue weighted by Crippen LogP contribution is 2.43. The Morgan fingerprint density at radius 2 is 0.785 bits per heavy atom. The Labute approximate surface area is 715 Å². The summed E-state index contributed by atoms with van der Waals surface area (Å²) in [4.78, 5) is 103. The molecule has 6 saturated heterocycles. The zero-order valence-corrected chi connectivity index (χ0v) is 70.3. The van der Waals surface area contributed by atoms with E-state index in [1.807, 2.05) is 97.1 Å². The van der Waals surface area contributed by atoms with Crippen molar-refractivity contribution in [2.75, 3.05) is 153 Å². The van der Waals surface area contributed by atoms with Crippen LogP contribution in [0.1, 0.15) is 45.4 Å². The second kappa shape index (κ2) is 36.2. The van der Waals surface area contributed by atoms with Gasteiger partial charge in [-0.1, -0.05) is 127 Å². The first-order valence-electron chi connectivity index (χ1n) is 40.9. The molecule has 0 aliphatic carbocycles. The highest BCUT2D eigenvalue weighted by molar-refractivity contribution is 6.35. The third-order valence-electron chi connectivity index (χ3n) is 23.7. The number of piperazine rings is 3. The summed E-state index contributed by atoms with van der Waals surface area (Å²) in [5.74, 6) is 2.43. The number of aromatic hydroxyl groups is 2.